The van der Waals surface area contributed by atoms with Crippen LogP contribution in [-0.4, -0.2) is 43.7 Å². The fraction of sp³-hybridized carbons (Fsp3) is 0.435. The van der Waals surface area contributed by atoms with Crippen molar-refractivity contribution in [2.24, 2.45) is 0 Å². The van der Waals surface area contributed by atoms with Crippen LogP contribution >= 0.6 is 0 Å². The Labute approximate surface area is 168 Å². The van der Waals surface area contributed by atoms with Gasteiger partial charge >= 0.3 is 5.97 Å². The average Bonchev–Trinajstić information content (AvgIpc) is 2.73. The molecule has 0 radical (unpaired) electrons. The number of benzene rings is 2. The molecule has 0 spiro atoms. The summed E-state index contributed by atoms with van der Waals surface area (Å²) in [6, 6.07) is 14.0. The summed E-state index contributed by atoms with van der Waals surface area (Å²) in [5.41, 5.74) is 0.485. The SMILES string of the molecule is CCCC(CN(CC)CC)Oc1ccc(C(=O)Oc2ccc(OC)cc2)cc1. The summed E-state index contributed by atoms with van der Waals surface area (Å²) in [4.78, 5) is 14.7. The zero-order valence-electron chi connectivity index (χ0n) is 17.3. The zero-order valence-corrected chi connectivity index (χ0v) is 17.3. The number of esters is 1. The van der Waals surface area contributed by atoms with Gasteiger partial charge in [0.1, 0.15) is 23.4 Å². The molecule has 0 fully saturated rings. The van der Waals surface area contributed by atoms with E-state index in [9.17, 15) is 4.79 Å². The van der Waals surface area contributed by atoms with Crippen LogP contribution in [0.4, 0.5) is 0 Å². The standard InChI is InChI=1S/C23H31NO4/c1-5-8-22(17-24(6-2)7-3)27-20-11-9-18(10-12-20)23(25)28-21-15-13-19(26-4)14-16-21/h9-16,22H,5-8,17H2,1-4H3. The normalized spacial score (nSPS) is 11.9. The molecule has 0 amide bonds. The number of rotatable bonds is 11. The molecule has 0 N–H and O–H groups in total. The number of carbonyl (C=O) groups is 1. The minimum Gasteiger partial charge on any atom is -0.497 e. The van der Waals surface area contributed by atoms with Crippen molar-refractivity contribution in [1.82, 2.24) is 4.90 Å². The first-order chi connectivity index (χ1) is 13.6. The molecule has 0 aliphatic rings. The molecule has 2 aromatic rings. The molecule has 0 saturated carbocycles. The number of nitrogens with zero attached hydrogens (tertiary/aromatic N) is 1. The molecule has 0 aromatic heterocycles. The summed E-state index contributed by atoms with van der Waals surface area (Å²) in [5, 5.41) is 0. The second-order valence-corrected chi connectivity index (χ2v) is 6.60. The Morgan fingerprint density at radius 2 is 1.46 bits per heavy atom. The van der Waals surface area contributed by atoms with Gasteiger partial charge in [0.05, 0.1) is 12.7 Å². The maximum Gasteiger partial charge on any atom is 0.343 e. The van der Waals surface area contributed by atoms with E-state index < -0.39 is 5.97 Å². The summed E-state index contributed by atoms with van der Waals surface area (Å²) < 4.78 is 16.7. The molecule has 0 saturated heterocycles. The van der Waals surface area contributed by atoms with Crippen molar-refractivity contribution in [2.45, 2.75) is 39.7 Å². The Hall–Kier alpha value is -2.53. The molecule has 5 heteroatoms. The third-order valence-electron chi connectivity index (χ3n) is 4.63. The Morgan fingerprint density at radius 1 is 0.893 bits per heavy atom. The van der Waals surface area contributed by atoms with E-state index in [4.69, 9.17) is 14.2 Å². The quantitative estimate of drug-likeness (QED) is 0.411. The highest BCUT2D eigenvalue weighted by atomic mass is 16.5. The first-order valence-electron chi connectivity index (χ1n) is 9.94. The molecule has 2 aromatic carbocycles. The van der Waals surface area contributed by atoms with Crippen molar-refractivity contribution in [1.29, 1.82) is 0 Å². The summed E-state index contributed by atoms with van der Waals surface area (Å²) >= 11 is 0. The lowest BCUT2D eigenvalue weighted by molar-refractivity contribution is 0.0734. The van der Waals surface area contributed by atoms with E-state index in [2.05, 4.69) is 25.7 Å². The van der Waals surface area contributed by atoms with E-state index in [0.717, 1.165) is 38.2 Å². The fourth-order valence-electron chi connectivity index (χ4n) is 2.95. The van der Waals surface area contributed by atoms with Crippen molar-refractivity contribution in [3.05, 3.63) is 54.1 Å². The third kappa shape index (κ3) is 6.57. The average molecular weight is 386 g/mol. The molecule has 0 bridgehead atoms. The van der Waals surface area contributed by atoms with Gasteiger partial charge in [-0.15, -0.1) is 0 Å². The highest BCUT2D eigenvalue weighted by molar-refractivity contribution is 5.91. The first-order valence-corrected chi connectivity index (χ1v) is 9.94. The van der Waals surface area contributed by atoms with Crippen LogP contribution in [0.3, 0.4) is 0 Å². The minimum atomic E-state index is -0.398. The Morgan fingerprint density at radius 3 is 2.00 bits per heavy atom. The lowest BCUT2D eigenvalue weighted by Gasteiger charge is -2.26. The zero-order chi connectivity index (χ0) is 20.4. The van der Waals surface area contributed by atoms with Crippen molar-refractivity contribution in [3.63, 3.8) is 0 Å². The molecule has 28 heavy (non-hydrogen) atoms. The number of likely N-dealkylation sites (N-methyl/N-ethyl adjacent to an activating group) is 1. The Bertz CT molecular complexity index is 708. The number of hydrogen-bond donors (Lipinski definition) is 0. The molecule has 0 aliphatic heterocycles. The van der Waals surface area contributed by atoms with Crippen molar-refractivity contribution >= 4 is 5.97 Å². The number of carbonyl (C=O) groups excluding carboxylic acids is 1. The van der Waals surface area contributed by atoms with Crippen LogP contribution in [0.25, 0.3) is 0 Å². The van der Waals surface area contributed by atoms with Crippen LogP contribution < -0.4 is 14.2 Å². The van der Waals surface area contributed by atoms with Crippen LogP contribution in [0, 0.1) is 0 Å². The van der Waals surface area contributed by atoms with Crippen LogP contribution in [0.2, 0.25) is 0 Å². The predicted octanol–water partition coefficient (Wildman–Crippen LogP) is 4.80. The summed E-state index contributed by atoms with van der Waals surface area (Å²) in [6.45, 7) is 9.41. The minimum absolute atomic E-state index is 0.141. The molecule has 1 unspecified atom stereocenters. The van der Waals surface area contributed by atoms with Crippen LogP contribution in [0.15, 0.2) is 48.5 Å². The predicted molar refractivity (Wildman–Crippen MR) is 112 cm³/mol. The summed E-state index contributed by atoms with van der Waals surface area (Å²) in [5.74, 6) is 1.57. The lowest BCUT2D eigenvalue weighted by Crippen LogP contribution is -2.35. The molecule has 2 rings (SSSR count). The molecular formula is C23H31NO4. The number of ether oxygens (including phenoxy) is 3. The van der Waals surface area contributed by atoms with E-state index in [1.807, 2.05) is 12.1 Å². The maximum atomic E-state index is 12.3. The Kier molecular flexibility index (Phi) is 8.82. The van der Waals surface area contributed by atoms with Gasteiger partial charge in [-0.05, 0) is 68.0 Å². The largest absolute Gasteiger partial charge is 0.497 e. The van der Waals surface area contributed by atoms with Crippen molar-refractivity contribution < 1.29 is 19.0 Å². The first kappa shape index (κ1) is 21.8. The van der Waals surface area contributed by atoms with Gasteiger partial charge < -0.3 is 19.1 Å². The summed E-state index contributed by atoms with van der Waals surface area (Å²) in [6.07, 6.45) is 2.21. The Balaban J connectivity index is 1.97. The molecule has 5 nitrogen and oxygen atoms in total. The monoisotopic (exact) mass is 385 g/mol. The van der Waals surface area contributed by atoms with Crippen molar-refractivity contribution in [3.8, 4) is 17.2 Å². The van der Waals surface area contributed by atoms with Crippen molar-refractivity contribution in [2.75, 3.05) is 26.7 Å². The van der Waals surface area contributed by atoms with E-state index in [-0.39, 0.29) is 6.10 Å². The second kappa shape index (κ2) is 11.3. The highest BCUT2D eigenvalue weighted by Gasteiger charge is 2.14. The maximum absolute atomic E-state index is 12.3. The molecular weight excluding hydrogens is 354 g/mol. The van der Waals surface area contributed by atoms with Gasteiger partial charge in [0.25, 0.3) is 0 Å². The van der Waals surface area contributed by atoms with Gasteiger partial charge in [0.2, 0.25) is 0 Å². The van der Waals surface area contributed by atoms with E-state index in [1.54, 1.807) is 43.5 Å². The summed E-state index contributed by atoms with van der Waals surface area (Å²) in [7, 11) is 1.59. The van der Waals surface area contributed by atoms with E-state index in [1.165, 1.54) is 0 Å². The fourth-order valence-corrected chi connectivity index (χ4v) is 2.95. The molecule has 0 aliphatic carbocycles. The van der Waals surface area contributed by atoms with Gasteiger partial charge in [0.15, 0.2) is 0 Å². The van der Waals surface area contributed by atoms with Gasteiger partial charge in [-0.1, -0.05) is 27.2 Å². The highest BCUT2D eigenvalue weighted by Crippen LogP contribution is 2.20. The number of hydrogen-bond acceptors (Lipinski definition) is 5. The van der Waals surface area contributed by atoms with Gasteiger partial charge in [-0.25, -0.2) is 4.79 Å². The number of methoxy groups -OCH3 is 1. The molecule has 152 valence electrons. The molecule has 0 heterocycles. The lowest BCUT2D eigenvalue weighted by atomic mass is 10.2. The second-order valence-electron chi connectivity index (χ2n) is 6.60. The van der Waals surface area contributed by atoms with Gasteiger partial charge in [-0.3, -0.25) is 0 Å². The van der Waals surface area contributed by atoms with E-state index >= 15 is 0 Å². The van der Waals surface area contributed by atoms with Gasteiger partial charge in [0, 0.05) is 6.54 Å². The van der Waals surface area contributed by atoms with Gasteiger partial charge in [-0.2, -0.15) is 0 Å². The molecule has 1 atom stereocenters. The topological polar surface area (TPSA) is 48.0 Å². The smallest absolute Gasteiger partial charge is 0.343 e. The van der Waals surface area contributed by atoms with Crippen LogP contribution in [0.1, 0.15) is 44.0 Å². The van der Waals surface area contributed by atoms with Crippen LogP contribution in [0.5, 0.6) is 17.2 Å². The van der Waals surface area contributed by atoms with Crippen LogP contribution in [-0.2, 0) is 0 Å². The van der Waals surface area contributed by atoms with E-state index in [0.29, 0.717) is 17.1 Å². The third-order valence-corrected chi connectivity index (χ3v) is 4.63.